The number of hydrogen-bond acceptors (Lipinski definition) is 4. The standard InChI is InChI=1S/C15H13ClN4O/c16-11-6-7-13-12(8-11)15(10-4-2-1-3-5-10)20(21)9-14(18-13)19-17/h1-8,21H,9,17H2/b19-14-. The summed E-state index contributed by atoms with van der Waals surface area (Å²) in [6, 6.07) is 14.8. The van der Waals surface area contributed by atoms with Gasteiger partial charge in [0.2, 0.25) is 0 Å². The number of fused-ring (bicyclic) bond motifs is 1. The van der Waals surface area contributed by atoms with Crippen molar-refractivity contribution in [1.29, 1.82) is 0 Å². The number of nitrogens with two attached hydrogens (primary N) is 1. The second-order valence-corrected chi connectivity index (χ2v) is 5.03. The fourth-order valence-electron chi connectivity index (χ4n) is 2.29. The average molecular weight is 301 g/mol. The van der Waals surface area contributed by atoms with Crippen molar-refractivity contribution < 1.29 is 5.21 Å². The van der Waals surface area contributed by atoms with E-state index in [0.29, 0.717) is 21.9 Å². The van der Waals surface area contributed by atoms with E-state index in [9.17, 15) is 5.21 Å². The van der Waals surface area contributed by atoms with Crippen molar-refractivity contribution in [1.82, 2.24) is 5.06 Å². The maximum absolute atomic E-state index is 10.4. The van der Waals surface area contributed by atoms with Crippen LogP contribution in [0.25, 0.3) is 5.70 Å². The molecule has 0 saturated heterocycles. The molecular formula is C15H13ClN4O. The molecule has 1 aliphatic heterocycles. The first-order chi connectivity index (χ1) is 10.2. The SMILES string of the molecule is N/N=C1/CN(O)C(c2ccccc2)=c2cc(Cl)ccc2=N1. The number of hydroxylamine groups is 2. The summed E-state index contributed by atoms with van der Waals surface area (Å²) >= 11 is 6.09. The van der Waals surface area contributed by atoms with E-state index in [1.165, 1.54) is 0 Å². The second-order valence-electron chi connectivity index (χ2n) is 4.59. The number of nitrogens with zero attached hydrogens (tertiary/aromatic N) is 3. The molecule has 106 valence electrons. The smallest absolute Gasteiger partial charge is 0.170 e. The fraction of sp³-hybridized carbons (Fsp3) is 0.0667. The normalized spacial score (nSPS) is 16.4. The van der Waals surface area contributed by atoms with Crippen molar-refractivity contribution in [2.75, 3.05) is 6.54 Å². The lowest BCUT2D eigenvalue weighted by Crippen LogP contribution is -2.31. The van der Waals surface area contributed by atoms with E-state index < -0.39 is 0 Å². The van der Waals surface area contributed by atoms with E-state index >= 15 is 0 Å². The molecule has 2 aromatic carbocycles. The van der Waals surface area contributed by atoms with Gasteiger partial charge in [-0.1, -0.05) is 41.9 Å². The predicted octanol–water partition coefficient (Wildman–Crippen LogP) is 1.09. The van der Waals surface area contributed by atoms with Crippen LogP contribution in [0.3, 0.4) is 0 Å². The molecule has 0 radical (unpaired) electrons. The summed E-state index contributed by atoms with van der Waals surface area (Å²) in [7, 11) is 0. The molecule has 0 aromatic heterocycles. The first-order valence-corrected chi connectivity index (χ1v) is 6.74. The summed E-state index contributed by atoms with van der Waals surface area (Å²) in [6.45, 7) is 0.104. The zero-order chi connectivity index (χ0) is 14.8. The van der Waals surface area contributed by atoms with Crippen LogP contribution in [0.5, 0.6) is 0 Å². The summed E-state index contributed by atoms with van der Waals surface area (Å²) in [4.78, 5) is 4.37. The Morgan fingerprint density at radius 2 is 1.95 bits per heavy atom. The molecule has 1 aliphatic rings. The van der Waals surface area contributed by atoms with Gasteiger partial charge in [-0.25, -0.2) is 10.1 Å². The molecule has 0 saturated carbocycles. The number of benzene rings is 2. The highest BCUT2D eigenvalue weighted by atomic mass is 35.5. The molecule has 0 amide bonds. The Balaban J connectivity index is 2.42. The molecule has 5 nitrogen and oxygen atoms in total. The summed E-state index contributed by atoms with van der Waals surface area (Å²) in [5, 5.41) is 17.1. The molecule has 0 bridgehead atoms. The van der Waals surface area contributed by atoms with Gasteiger partial charge in [0.25, 0.3) is 0 Å². The zero-order valence-electron chi connectivity index (χ0n) is 11.1. The Kier molecular flexibility index (Phi) is 3.60. The van der Waals surface area contributed by atoms with Gasteiger partial charge in [0.1, 0.15) is 6.54 Å². The molecule has 0 fully saturated rings. The predicted molar refractivity (Wildman–Crippen MR) is 81.3 cm³/mol. The molecule has 0 spiro atoms. The maximum atomic E-state index is 10.4. The van der Waals surface area contributed by atoms with E-state index in [0.717, 1.165) is 15.8 Å². The molecule has 0 aliphatic carbocycles. The highest BCUT2D eigenvalue weighted by molar-refractivity contribution is 6.30. The number of halogens is 1. The van der Waals surface area contributed by atoms with Crippen LogP contribution >= 0.6 is 11.6 Å². The average Bonchev–Trinajstić information content (AvgIpc) is 2.63. The molecule has 1 heterocycles. The van der Waals surface area contributed by atoms with Gasteiger partial charge in [0.15, 0.2) is 5.84 Å². The van der Waals surface area contributed by atoms with Crippen LogP contribution in [-0.4, -0.2) is 22.7 Å². The van der Waals surface area contributed by atoms with Gasteiger partial charge in [-0.2, -0.15) is 5.10 Å². The third-order valence-corrected chi connectivity index (χ3v) is 3.44. The Bertz CT molecular complexity index is 817. The first kappa shape index (κ1) is 13.6. The Morgan fingerprint density at radius 3 is 2.67 bits per heavy atom. The molecule has 2 aromatic rings. The van der Waals surface area contributed by atoms with Crippen LogP contribution in [0.15, 0.2) is 58.6 Å². The van der Waals surface area contributed by atoms with Crippen LogP contribution in [0.1, 0.15) is 5.56 Å². The molecule has 0 atom stereocenters. The molecular weight excluding hydrogens is 288 g/mol. The Morgan fingerprint density at radius 1 is 1.19 bits per heavy atom. The topological polar surface area (TPSA) is 74.2 Å². The molecule has 3 rings (SSSR count). The number of rotatable bonds is 1. The van der Waals surface area contributed by atoms with E-state index in [-0.39, 0.29) is 6.54 Å². The lowest BCUT2D eigenvalue weighted by Gasteiger charge is -2.18. The van der Waals surface area contributed by atoms with Crippen molar-refractivity contribution in [3.63, 3.8) is 0 Å². The van der Waals surface area contributed by atoms with Gasteiger partial charge < -0.3 is 5.84 Å². The van der Waals surface area contributed by atoms with Crippen molar-refractivity contribution in [3.8, 4) is 0 Å². The van der Waals surface area contributed by atoms with Crippen molar-refractivity contribution in [2.24, 2.45) is 15.9 Å². The monoisotopic (exact) mass is 300 g/mol. The minimum atomic E-state index is 0.104. The van der Waals surface area contributed by atoms with Crippen LogP contribution in [0.4, 0.5) is 0 Å². The first-order valence-electron chi connectivity index (χ1n) is 6.36. The molecule has 3 N–H and O–H groups in total. The number of hydrazone groups is 1. The van der Waals surface area contributed by atoms with Crippen molar-refractivity contribution in [2.45, 2.75) is 0 Å². The number of amidine groups is 1. The van der Waals surface area contributed by atoms with Crippen LogP contribution in [0, 0.1) is 0 Å². The van der Waals surface area contributed by atoms with Gasteiger partial charge in [0, 0.05) is 15.8 Å². The van der Waals surface area contributed by atoms with E-state index in [4.69, 9.17) is 17.4 Å². The summed E-state index contributed by atoms with van der Waals surface area (Å²) in [5.74, 6) is 5.67. The minimum Gasteiger partial charge on any atom is -0.321 e. The summed E-state index contributed by atoms with van der Waals surface area (Å²) in [6.07, 6.45) is 0. The lowest BCUT2D eigenvalue weighted by molar-refractivity contribution is -0.0120. The van der Waals surface area contributed by atoms with Gasteiger partial charge in [0.05, 0.1) is 11.1 Å². The van der Waals surface area contributed by atoms with E-state index in [1.54, 1.807) is 18.2 Å². The molecule has 0 unspecified atom stereocenters. The van der Waals surface area contributed by atoms with Crippen molar-refractivity contribution in [3.05, 3.63) is 69.7 Å². The van der Waals surface area contributed by atoms with Crippen molar-refractivity contribution >= 4 is 23.1 Å². The molecule has 21 heavy (non-hydrogen) atoms. The van der Waals surface area contributed by atoms with Gasteiger partial charge in [-0.05, 0) is 18.2 Å². The van der Waals surface area contributed by atoms with E-state index in [2.05, 4.69) is 10.1 Å². The summed E-state index contributed by atoms with van der Waals surface area (Å²) in [5.41, 5.74) is 1.48. The highest BCUT2D eigenvalue weighted by Crippen LogP contribution is 2.15. The summed E-state index contributed by atoms with van der Waals surface area (Å²) < 4.78 is 0. The maximum Gasteiger partial charge on any atom is 0.170 e. The molecule has 6 heteroatoms. The van der Waals surface area contributed by atoms with Gasteiger partial charge >= 0.3 is 0 Å². The largest absolute Gasteiger partial charge is 0.321 e. The zero-order valence-corrected chi connectivity index (χ0v) is 11.8. The second kappa shape index (κ2) is 5.55. The van der Waals surface area contributed by atoms with E-state index in [1.807, 2.05) is 30.3 Å². The van der Waals surface area contributed by atoms with Gasteiger partial charge in [-0.15, -0.1) is 0 Å². The highest BCUT2D eigenvalue weighted by Gasteiger charge is 2.17. The van der Waals surface area contributed by atoms with Crippen LogP contribution < -0.4 is 16.4 Å². The Labute approximate surface area is 126 Å². The third-order valence-electron chi connectivity index (χ3n) is 3.21. The fourth-order valence-corrected chi connectivity index (χ4v) is 2.46. The van der Waals surface area contributed by atoms with Crippen LogP contribution in [-0.2, 0) is 0 Å². The quantitative estimate of drug-likeness (QED) is 0.611. The minimum absolute atomic E-state index is 0.104. The third kappa shape index (κ3) is 2.61. The lowest BCUT2D eigenvalue weighted by atomic mass is 10.1. The Hall–Kier alpha value is -2.37. The van der Waals surface area contributed by atoms with Crippen LogP contribution in [0.2, 0.25) is 5.02 Å². The number of hydrogen-bond donors (Lipinski definition) is 2. The van der Waals surface area contributed by atoms with Gasteiger partial charge in [-0.3, -0.25) is 5.21 Å².